The summed E-state index contributed by atoms with van der Waals surface area (Å²) >= 11 is 0. The fraction of sp³-hybridized carbons (Fsp3) is 0.304. The predicted octanol–water partition coefficient (Wildman–Crippen LogP) is 1.07. The fourth-order valence-corrected chi connectivity index (χ4v) is 3.77. The molecule has 11 heteroatoms. The summed E-state index contributed by atoms with van der Waals surface area (Å²) < 4.78 is 25.9. The Kier molecular flexibility index (Phi) is 6.62. The quantitative estimate of drug-likeness (QED) is 0.492. The fourth-order valence-electron chi connectivity index (χ4n) is 3.77. The van der Waals surface area contributed by atoms with Crippen molar-refractivity contribution in [2.24, 2.45) is 0 Å². The van der Waals surface area contributed by atoms with E-state index in [0.29, 0.717) is 36.7 Å². The number of ether oxygens (including phenoxy) is 2. The zero-order chi connectivity index (χ0) is 24.2. The number of nitrogens with one attached hydrogen (secondary N) is 1. The summed E-state index contributed by atoms with van der Waals surface area (Å²) in [7, 11) is 3.10. The van der Waals surface area contributed by atoms with Gasteiger partial charge >= 0.3 is 11.1 Å². The molecule has 2 heterocycles. The number of carbonyl (C=O) groups excluding carboxylic acids is 1. The number of benzene rings is 2. The highest BCUT2D eigenvalue weighted by Crippen LogP contribution is 2.28. The van der Waals surface area contributed by atoms with Crippen LogP contribution in [0.4, 0.5) is 16.0 Å². The van der Waals surface area contributed by atoms with E-state index in [1.54, 1.807) is 37.3 Å². The van der Waals surface area contributed by atoms with Gasteiger partial charge in [0.1, 0.15) is 12.4 Å². The van der Waals surface area contributed by atoms with Crippen molar-refractivity contribution < 1.29 is 18.7 Å². The molecule has 2 aromatic carbocycles. The Balaban J connectivity index is 1.45. The van der Waals surface area contributed by atoms with Gasteiger partial charge in [-0.25, -0.2) is 9.07 Å². The lowest BCUT2D eigenvalue weighted by Crippen LogP contribution is -2.45. The summed E-state index contributed by atoms with van der Waals surface area (Å²) in [6, 6.07) is 11.2. The third-order valence-corrected chi connectivity index (χ3v) is 5.52. The molecule has 0 saturated heterocycles. The summed E-state index contributed by atoms with van der Waals surface area (Å²) in [5.74, 6) is 0.591. The van der Waals surface area contributed by atoms with Crippen LogP contribution in [0, 0.1) is 5.82 Å². The molecule has 4 rings (SSSR count). The van der Waals surface area contributed by atoms with Crippen molar-refractivity contribution in [3.63, 3.8) is 0 Å². The predicted molar refractivity (Wildman–Crippen MR) is 122 cm³/mol. The van der Waals surface area contributed by atoms with E-state index in [9.17, 15) is 18.8 Å². The van der Waals surface area contributed by atoms with Crippen molar-refractivity contribution in [2.75, 3.05) is 32.2 Å². The number of amides is 1. The largest absolute Gasteiger partial charge is 0.493 e. The lowest BCUT2D eigenvalue weighted by atomic mass is 10.1. The molecule has 0 atom stereocenters. The SMILES string of the molecule is COc1ccc(CCNC(=O)Cn2nc3n(c(=O)c2=O)CCN3c2ccc(F)cc2)cc1OC. The van der Waals surface area contributed by atoms with Crippen LogP contribution in [0.1, 0.15) is 5.56 Å². The van der Waals surface area contributed by atoms with Gasteiger partial charge in [-0.2, -0.15) is 0 Å². The van der Waals surface area contributed by atoms with E-state index in [0.717, 1.165) is 10.2 Å². The molecule has 1 amide bonds. The molecule has 0 unspecified atom stereocenters. The van der Waals surface area contributed by atoms with Crippen molar-refractivity contribution in [3.05, 3.63) is 74.6 Å². The Labute approximate surface area is 194 Å². The summed E-state index contributed by atoms with van der Waals surface area (Å²) in [6.07, 6.45) is 0.527. The van der Waals surface area contributed by atoms with Crippen LogP contribution in [0.25, 0.3) is 0 Å². The third kappa shape index (κ3) is 4.63. The van der Waals surface area contributed by atoms with Crippen LogP contribution in [-0.4, -0.2) is 47.6 Å². The number of rotatable bonds is 8. The molecule has 178 valence electrons. The highest BCUT2D eigenvalue weighted by Gasteiger charge is 2.26. The average Bonchev–Trinajstić information content (AvgIpc) is 3.26. The minimum absolute atomic E-state index is 0.231. The third-order valence-electron chi connectivity index (χ3n) is 5.52. The molecular weight excluding hydrogens is 445 g/mol. The Morgan fingerprint density at radius 3 is 2.47 bits per heavy atom. The van der Waals surface area contributed by atoms with E-state index in [-0.39, 0.29) is 18.3 Å². The first kappa shape index (κ1) is 23.0. The Morgan fingerprint density at radius 1 is 1.03 bits per heavy atom. The average molecular weight is 469 g/mol. The molecule has 0 saturated carbocycles. The lowest BCUT2D eigenvalue weighted by molar-refractivity contribution is -0.121. The zero-order valence-electron chi connectivity index (χ0n) is 18.8. The van der Waals surface area contributed by atoms with Gasteiger partial charge in [0.05, 0.1) is 14.2 Å². The molecule has 0 fully saturated rings. The van der Waals surface area contributed by atoms with Crippen LogP contribution < -0.4 is 30.8 Å². The zero-order valence-corrected chi connectivity index (χ0v) is 18.8. The number of fused-ring (bicyclic) bond motifs is 1. The van der Waals surface area contributed by atoms with E-state index >= 15 is 0 Å². The van der Waals surface area contributed by atoms with Crippen molar-refractivity contribution in [1.82, 2.24) is 19.7 Å². The van der Waals surface area contributed by atoms with Crippen molar-refractivity contribution in [3.8, 4) is 11.5 Å². The topological polar surface area (TPSA) is 108 Å². The lowest BCUT2D eigenvalue weighted by Gasteiger charge is -2.17. The number of carbonyl (C=O) groups is 1. The minimum atomic E-state index is -0.875. The Hall–Kier alpha value is -4.15. The maximum Gasteiger partial charge on any atom is 0.333 e. The molecule has 10 nitrogen and oxygen atoms in total. The minimum Gasteiger partial charge on any atom is -0.493 e. The summed E-state index contributed by atoms with van der Waals surface area (Å²) in [6.45, 7) is 0.584. The standard InChI is InChI=1S/C23H24FN5O5/c1-33-18-8-3-15(13-19(18)34-2)9-10-25-20(30)14-29-22(32)21(31)28-12-11-27(23(28)26-29)17-6-4-16(24)5-7-17/h3-8,13H,9-12,14H2,1-2H3,(H,25,30). The van der Waals surface area contributed by atoms with Crippen LogP contribution in [-0.2, 0) is 24.3 Å². The highest BCUT2D eigenvalue weighted by molar-refractivity contribution is 5.75. The van der Waals surface area contributed by atoms with Crippen molar-refractivity contribution in [2.45, 2.75) is 19.5 Å². The normalized spacial score (nSPS) is 12.4. The molecule has 0 radical (unpaired) electrons. The summed E-state index contributed by atoms with van der Waals surface area (Å²) in [4.78, 5) is 39.2. The van der Waals surface area contributed by atoms with E-state index in [1.165, 1.54) is 16.7 Å². The second-order valence-electron chi connectivity index (χ2n) is 7.64. The van der Waals surface area contributed by atoms with Crippen molar-refractivity contribution >= 4 is 17.5 Å². The first-order chi connectivity index (χ1) is 16.4. The highest BCUT2D eigenvalue weighted by atomic mass is 19.1. The van der Waals surface area contributed by atoms with E-state index in [1.807, 2.05) is 12.1 Å². The molecule has 1 aromatic heterocycles. The van der Waals surface area contributed by atoms with Crippen LogP contribution in [0.15, 0.2) is 52.1 Å². The monoisotopic (exact) mass is 469 g/mol. The van der Waals surface area contributed by atoms with Crippen LogP contribution >= 0.6 is 0 Å². The summed E-state index contributed by atoms with van der Waals surface area (Å²) in [5, 5.41) is 6.98. The number of aromatic nitrogens is 3. The number of methoxy groups -OCH3 is 2. The molecular formula is C23H24FN5O5. The number of halogens is 1. The summed E-state index contributed by atoms with van der Waals surface area (Å²) in [5.41, 5.74) is -0.0736. The number of hydrogen-bond donors (Lipinski definition) is 1. The number of nitrogens with zero attached hydrogens (tertiary/aromatic N) is 4. The second kappa shape index (κ2) is 9.77. The Bertz CT molecular complexity index is 1320. The van der Waals surface area contributed by atoms with E-state index < -0.39 is 23.6 Å². The van der Waals surface area contributed by atoms with Gasteiger partial charge in [-0.15, -0.1) is 5.10 Å². The van der Waals surface area contributed by atoms with Crippen LogP contribution in [0.5, 0.6) is 11.5 Å². The first-order valence-electron chi connectivity index (χ1n) is 10.6. The first-order valence-corrected chi connectivity index (χ1v) is 10.6. The Morgan fingerprint density at radius 2 is 1.76 bits per heavy atom. The van der Waals surface area contributed by atoms with Gasteiger partial charge in [0, 0.05) is 25.3 Å². The maximum absolute atomic E-state index is 13.3. The second-order valence-corrected chi connectivity index (χ2v) is 7.64. The van der Waals surface area contributed by atoms with Gasteiger partial charge in [-0.1, -0.05) is 6.07 Å². The number of hydrogen-bond acceptors (Lipinski definition) is 7. The van der Waals surface area contributed by atoms with Crippen LogP contribution in [0.2, 0.25) is 0 Å². The van der Waals surface area contributed by atoms with Gasteiger partial charge in [-0.05, 0) is 48.4 Å². The van der Waals surface area contributed by atoms with Crippen molar-refractivity contribution in [1.29, 1.82) is 0 Å². The molecule has 1 aliphatic rings. The molecule has 3 aromatic rings. The molecule has 1 N–H and O–H groups in total. The molecule has 1 aliphatic heterocycles. The number of anilines is 2. The molecule has 0 spiro atoms. The van der Waals surface area contributed by atoms with Crippen LogP contribution in [0.3, 0.4) is 0 Å². The van der Waals surface area contributed by atoms with E-state index in [4.69, 9.17) is 9.47 Å². The molecule has 34 heavy (non-hydrogen) atoms. The van der Waals surface area contributed by atoms with Gasteiger partial charge in [0.25, 0.3) is 0 Å². The van der Waals surface area contributed by atoms with Gasteiger partial charge in [0.2, 0.25) is 11.9 Å². The maximum atomic E-state index is 13.3. The smallest absolute Gasteiger partial charge is 0.333 e. The molecule has 0 bridgehead atoms. The van der Waals surface area contributed by atoms with Gasteiger partial charge in [0.15, 0.2) is 11.5 Å². The molecule has 0 aliphatic carbocycles. The van der Waals surface area contributed by atoms with Gasteiger partial charge < -0.3 is 19.7 Å². The van der Waals surface area contributed by atoms with E-state index in [2.05, 4.69) is 10.4 Å². The van der Waals surface area contributed by atoms with Gasteiger partial charge in [-0.3, -0.25) is 19.0 Å².